The average Bonchev–Trinajstić information content (AvgIpc) is 1.41. The average molecular weight is 234 g/mol. The minimum absolute atomic E-state index is 0.241. The molecule has 0 aromatic heterocycles. The summed E-state index contributed by atoms with van der Waals surface area (Å²) >= 11 is 6.91. The van der Waals surface area contributed by atoms with Gasteiger partial charge in [-0.1, -0.05) is 5.67 Å². The Hall–Kier alpha value is 1.39. The monoisotopic (exact) mass is 232 g/mol. The van der Waals surface area contributed by atoms with E-state index in [-0.39, 0.29) is 16.3 Å². The highest BCUT2D eigenvalue weighted by Crippen LogP contribution is 1.85. The van der Waals surface area contributed by atoms with Gasteiger partial charge in [0, 0.05) is 0 Å². The summed E-state index contributed by atoms with van der Waals surface area (Å²) in [6, 6.07) is 0. The van der Waals surface area contributed by atoms with E-state index < -0.39 is 0 Å². The van der Waals surface area contributed by atoms with E-state index in [9.17, 15) is 0 Å². The number of hydrogen-bond donors (Lipinski definition) is 0. The molecule has 32 valence electrons. The van der Waals surface area contributed by atoms with Crippen molar-refractivity contribution in [2.45, 2.75) is 5.67 Å². The Labute approximate surface area is 52.5 Å². The zero-order valence-corrected chi connectivity index (χ0v) is 8.88. The van der Waals surface area contributed by atoms with Crippen molar-refractivity contribution in [3.63, 3.8) is 0 Å². The third kappa shape index (κ3) is 5.39. The summed E-state index contributed by atoms with van der Waals surface area (Å²) in [7, 11) is 0.483. The van der Waals surface area contributed by atoms with Gasteiger partial charge in [-0.3, -0.25) is 0 Å². The topological polar surface area (TPSA) is 0 Å². The maximum absolute atomic E-state index is 3.45. The van der Waals surface area contributed by atoms with E-state index >= 15 is 0 Å². The van der Waals surface area contributed by atoms with Crippen molar-refractivity contribution in [3.05, 3.63) is 0 Å². The second-order valence-corrected chi connectivity index (χ2v) is 9.07. The molecule has 0 aromatic carbocycles. The van der Waals surface area contributed by atoms with Crippen LogP contribution in [0.3, 0.4) is 0 Å². The highest BCUT2D eigenvalue weighted by atomic mass is 79.9. The Bertz CT molecular complexity index is 15.1. The first-order valence-corrected chi connectivity index (χ1v) is 11.3. The summed E-state index contributed by atoms with van der Waals surface area (Å²) in [5, 5.41) is 0. The molecule has 0 N–H and O–H groups in total. The molecule has 5 heavy (non-hydrogen) atoms. The van der Waals surface area contributed by atoms with E-state index in [0.717, 1.165) is 0 Å². The van der Waals surface area contributed by atoms with Gasteiger partial charge in [-0.15, -0.1) is 30.6 Å². The van der Waals surface area contributed by atoms with Crippen molar-refractivity contribution in [1.82, 2.24) is 0 Å². The first-order valence-electron chi connectivity index (χ1n) is 1.53. The lowest BCUT2D eigenvalue weighted by Gasteiger charge is -1.73. The van der Waals surface area contributed by atoms with Crippen molar-refractivity contribution >= 4 is 46.9 Å². The molecular formula is CH6Br2Si2. The molecule has 0 radical (unpaired) electrons. The van der Waals surface area contributed by atoms with Crippen LogP contribution in [0.5, 0.6) is 0 Å². The molecule has 0 aromatic rings. The molecule has 0 spiro atoms. The fourth-order valence-corrected chi connectivity index (χ4v) is 12.3. The molecule has 0 saturated carbocycles. The summed E-state index contributed by atoms with van der Waals surface area (Å²) < 4.78 is 0. The molecule has 0 saturated heterocycles. The number of hydrogen-bond acceptors (Lipinski definition) is 0. The largest absolute Gasteiger partial charge is 0.136 e. The molecule has 0 aliphatic rings. The van der Waals surface area contributed by atoms with E-state index in [4.69, 9.17) is 0 Å². The number of halogens is 2. The highest BCUT2D eigenvalue weighted by Gasteiger charge is 1.74. The third-order valence-corrected chi connectivity index (χ3v) is 12.5. The molecule has 0 aliphatic carbocycles. The van der Waals surface area contributed by atoms with Gasteiger partial charge in [0.25, 0.3) is 0 Å². The Morgan fingerprint density at radius 2 is 1.60 bits per heavy atom. The van der Waals surface area contributed by atoms with Gasteiger partial charge in [0.15, 0.2) is 0 Å². The summed E-state index contributed by atoms with van der Waals surface area (Å²) in [5.41, 5.74) is 1.50. The van der Waals surface area contributed by atoms with Crippen molar-refractivity contribution in [2.24, 2.45) is 0 Å². The summed E-state index contributed by atoms with van der Waals surface area (Å²) in [6.45, 7) is 0. The van der Waals surface area contributed by atoms with Crippen LogP contribution >= 0.6 is 30.6 Å². The Morgan fingerprint density at radius 1 is 1.20 bits per heavy atom. The predicted molar refractivity (Wildman–Crippen MR) is 39.7 cm³/mol. The van der Waals surface area contributed by atoms with E-state index in [1.165, 1.54) is 5.67 Å². The SMILES string of the molecule is Br[SiH2]C[SiH2]Br. The minimum Gasteiger partial charge on any atom is -0.136 e. The second kappa shape index (κ2) is 5.39. The fourth-order valence-electron chi connectivity index (χ4n) is 0.0505. The van der Waals surface area contributed by atoms with Gasteiger partial charge < -0.3 is 0 Å². The Kier molecular flexibility index (Phi) is 6.90. The fraction of sp³-hybridized carbons (Fsp3) is 1.00. The molecule has 0 amide bonds. The first-order chi connectivity index (χ1) is 2.41. The predicted octanol–water partition coefficient (Wildman–Crippen LogP) is 0.320. The van der Waals surface area contributed by atoms with Gasteiger partial charge in [-0.05, 0) is 0 Å². The Morgan fingerprint density at radius 3 is 1.60 bits per heavy atom. The van der Waals surface area contributed by atoms with Crippen LogP contribution in [-0.2, 0) is 0 Å². The third-order valence-electron chi connectivity index (χ3n) is 0.267. The molecule has 0 fully saturated rings. The van der Waals surface area contributed by atoms with Gasteiger partial charge in [0.1, 0.15) is 0 Å². The molecular weight excluding hydrogens is 228 g/mol. The summed E-state index contributed by atoms with van der Waals surface area (Å²) in [4.78, 5) is 0. The van der Waals surface area contributed by atoms with Crippen LogP contribution in [0, 0.1) is 0 Å². The summed E-state index contributed by atoms with van der Waals surface area (Å²) in [6.07, 6.45) is 0. The van der Waals surface area contributed by atoms with Crippen LogP contribution in [-0.4, -0.2) is 16.3 Å². The quantitative estimate of drug-likeness (QED) is 0.476. The lowest BCUT2D eigenvalue weighted by atomic mass is 11.9. The van der Waals surface area contributed by atoms with E-state index in [0.29, 0.717) is 0 Å². The molecule has 0 nitrogen and oxygen atoms in total. The minimum atomic E-state index is 0.241. The zero-order chi connectivity index (χ0) is 4.12. The first kappa shape index (κ1) is 6.39. The smallest absolute Gasteiger partial charge is 0.0962 e. The lowest BCUT2D eigenvalue weighted by molar-refractivity contribution is 2.12. The van der Waals surface area contributed by atoms with Crippen molar-refractivity contribution in [2.75, 3.05) is 0 Å². The van der Waals surface area contributed by atoms with Crippen molar-refractivity contribution in [1.29, 1.82) is 0 Å². The molecule has 0 aliphatic heterocycles. The van der Waals surface area contributed by atoms with Crippen LogP contribution < -0.4 is 0 Å². The molecule has 0 atom stereocenters. The molecule has 0 bridgehead atoms. The van der Waals surface area contributed by atoms with Crippen LogP contribution in [0.1, 0.15) is 0 Å². The van der Waals surface area contributed by atoms with Gasteiger partial charge in [0.05, 0.1) is 16.3 Å². The van der Waals surface area contributed by atoms with Crippen molar-refractivity contribution in [3.8, 4) is 0 Å². The lowest BCUT2D eigenvalue weighted by Crippen LogP contribution is -1.77. The second-order valence-electron chi connectivity index (χ2n) is 0.732. The molecule has 0 rings (SSSR count). The molecule has 0 unspecified atom stereocenters. The van der Waals surface area contributed by atoms with Gasteiger partial charge >= 0.3 is 0 Å². The maximum atomic E-state index is 3.45. The van der Waals surface area contributed by atoms with E-state index in [1.54, 1.807) is 0 Å². The summed E-state index contributed by atoms with van der Waals surface area (Å²) in [5.74, 6) is 0. The highest BCUT2D eigenvalue weighted by molar-refractivity contribution is 9.24. The number of rotatable bonds is 2. The van der Waals surface area contributed by atoms with Gasteiger partial charge in [0.2, 0.25) is 0 Å². The van der Waals surface area contributed by atoms with Crippen molar-refractivity contribution < 1.29 is 0 Å². The molecule has 0 heterocycles. The van der Waals surface area contributed by atoms with E-state index in [2.05, 4.69) is 30.6 Å². The van der Waals surface area contributed by atoms with Crippen LogP contribution in [0.25, 0.3) is 0 Å². The van der Waals surface area contributed by atoms with Crippen LogP contribution in [0.2, 0.25) is 5.67 Å². The molecule has 4 heteroatoms. The van der Waals surface area contributed by atoms with Crippen LogP contribution in [0.4, 0.5) is 0 Å². The maximum Gasteiger partial charge on any atom is 0.0962 e. The normalized spacial score (nSPS) is 13.2. The zero-order valence-electron chi connectivity index (χ0n) is 2.88. The van der Waals surface area contributed by atoms with Gasteiger partial charge in [-0.2, -0.15) is 0 Å². The Balaban J connectivity index is 2.19. The van der Waals surface area contributed by atoms with E-state index in [1.807, 2.05) is 0 Å². The van der Waals surface area contributed by atoms with Gasteiger partial charge in [-0.25, -0.2) is 0 Å². The standard InChI is InChI=1S/CH6Br2Si2/c2-4-1-5-3/h1,4-5H2. The van der Waals surface area contributed by atoms with Crippen LogP contribution in [0.15, 0.2) is 0 Å².